The topological polar surface area (TPSA) is 44.4 Å². The fourth-order valence-electron chi connectivity index (χ4n) is 3.11. The average Bonchev–Trinajstić information content (AvgIpc) is 2.89. The van der Waals surface area contributed by atoms with Gasteiger partial charge in [0, 0.05) is 25.2 Å². The van der Waals surface area contributed by atoms with E-state index < -0.39 is 0 Å². The first-order valence-corrected chi connectivity index (χ1v) is 6.97. The van der Waals surface area contributed by atoms with Gasteiger partial charge < -0.3 is 10.6 Å². The predicted octanol–water partition coefficient (Wildman–Crippen LogP) is 0.481. The molecule has 1 aliphatic carbocycles. The van der Waals surface area contributed by atoms with Crippen molar-refractivity contribution in [1.82, 2.24) is 15.5 Å². The van der Waals surface area contributed by atoms with Crippen LogP contribution < -0.4 is 10.6 Å². The Kier molecular flexibility index (Phi) is 2.87. The van der Waals surface area contributed by atoms with Crippen molar-refractivity contribution in [3.8, 4) is 0 Å². The lowest BCUT2D eigenvalue weighted by Crippen LogP contribution is -2.54. The minimum atomic E-state index is -0.312. The zero-order chi connectivity index (χ0) is 11.9. The van der Waals surface area contributed by atoms with E-state index in [9.17, 15) is 4.79 Å². The second-order valence-corrected chi connectivity index (χ2v) is 6.05. The Bertz CT molecular complexity index is 308. The minimum Gasteiger partial charge on any atom is -0.350 e. The number of carbonyl (C=O) groups is 1. The van der Waals surface area contributed by atoms with Crippen molar-refractivity contribution < 1.29 is 4.79 Å². The monoisotopic (exact) mass is 237 g/mol. The third-order valence-electron chi connectivity index (χ3n) is 4.49. The summed E-state index contributed by atoms with van der Waals surface area (Å²) in [4.78, 5) is 14.8. The van der Waals surface area contributed by atoms with Gasteiger partial charge in [-0.25, -0.2) is 0 Å². The Morgan fingerprint density at radius 3 is 2.88 bits per heavy atom. The molecule has 0 radical (unpaired) electrons. The number of nitrogens with zero attached hydrogens (tertiary/aromatic N) is 1. The summed E-state index contributed by atoms with van der Waals surface area (Å²) in [7, 11) is 0. The summed E-state index contributed by atoms with van der Waals surface area (Å²) in [5.74, 6) is 0.206. The zero-order valence-electron chi connectivity index (χ0n) is 10.7. The van der Waals surface area contributed by atoms with Gasteiger partial charge in [-0.15, -0.1) is 0 Å². The first-order chi connectivity index (χ1) is 8.17. The lowest BCUT2D eigenvalue weighted by atomic mass is 9.99. The number of carbonyl (C=O) groups excluding carboxylic acids is 1. The fourth-order valence-corrected chi connectivity index (χ4v) is 3.11. The van der Waals surface area contributed by atoms with Gasteiger partial charge in [0.05, 0.1) is 5.54 Å². The van der Waals surface area contributed by atoms with Gasteiger partial charge in [0.25, 0.3) is 0 Å². The third-order valence-corrected chi connectivity index (χ3v) is 4.49. The van der Waals surface area contributed by atoms with Crippen molar-refractivity contribution in [2.24, 2.45) is 0 Å². The maximum Gasteiger partial charge on any atom is 0.240 e. The summed E-state index contributed by atoms with van der Waals surface area (Å²) in [5.41, 5.74) is -0.312. The Labute approximate surface area is 103 Å². The Hall–Kier alpha value is -0.610. The molecule has 1 amide bonds. The van der Waals surface area contributed by atoms with Crippen LogP contribution in [-0.4, -0.2) is 48.1 Å². The molecule has 0 aromatic heterocycles. The molecule has 2 saturated heterocycles. The van der Waals surface area contributed by atoms with Crippen molar-refractivity contribution in [3.05, 3.63) is 0 Å². The second-order valence-electron chi connectivity index (χ2n) is 6.05. The highest BCUT2D eigenvalue weighted by molar-refractivity contribution is 5.86. The van der Waals surface area contributed by atoms with Crippen molar-refractivity contribution >= 4 is 5.91 Å². The molecule has 17 heavy (non-hydrogen) atoms. The minimum absolute atomic E-state index is 0.206. The van der Waals surface area contributed by atoms with Gasteiger partial charge in [-0.1, -0.05) is 0 Å². The van der Waals surface area contributed by atoms with Crippen LogP contribution in [0.5, 0.6) is 0 Å². The van der Waals surface area contributed by atoms with Gasteiger partial charge in [-0.05, 0) is 45.6 Å². The van der Waals surface area contributed by atoms with E-state index in [-0.39, 0.29) is 11.4 Å². The van der Waals surface area contributed by atoms with E-state index in [2.05, 4.69) is 15.5 Å². The summed E-state index contributed by atoms with van der Waals surface area (Å²) < 4.78 is 0. The standard InChI is InChI=1S/C13H23N3O/c1-13(6-2-7-14-13)12(17)15-10-5-8-16(9-10)11-3-4-11/h10-11,14H,2-9H2,1H3,(H,15,17). The van der Waals surface area contributed by atoms with Crippen molar-refractivity contribution in [1.29, 1.82) is 0 Å². The molecule has 4 heteroatoms. The molecule has 0 aromatic carbocycles. The predicted molar refractivity (Wildman–Crippen MR) is 66.8 cm³/mol. The lowest BCUT2D eigenvalue weighted by Gasteiger charge is -2.25. The van der Waals surface area contributed by atoms with Crippen molar-refractivity contribution in [2.75, 3.05) is 19.6 Å². The molecule has 4 nitrogen and oxygen atoms in total. The number of hydrogen-bond acceptors (Lipinski definition) is 3. The first kappa shape index (κ1) is 11.5. The Balaban J connectivity index is 1.51. The molecule has 2 N–H and O–H groups in total. The van der Waals surface area contributed by atoms with Crippen LogP contribution in [0.1, 0.15) is 39.0 Å². The van der Waals surface area contributed by atoms with Gasteiger partial charge in [0.1, 0.15) is 0 Å². The molecule has 96 valence electrons. The summed E-state index contributed by atoms with van der Waals surface area (Å²) >= 11 is 0. The number of likely N-dealkylation sites (tertiary alicyclic amines) is 1. The molecule has 2 aliphatic heterocycles. The third kappa shape index (κ3) is 2.33. The van der Waals surface area contributed by atoms with Crippen LogP contribution in [-0.2, 0) is 4.79 Å². The summed E-state index contributed by atoms with van der Waals surface area (Å²) in [5, 5.41) is 6.56. The second kappa shape index (κ2) is 4.25. The van der Waals surface area contributed by atoms with E-state index >= 15 is 0 Å². The molecule has 2 unspecified atom stereocenters. The van der Waals surface area contributed by atoms with Crippen LogP contribution in [0.3, 0.4) is 0 Å². The van der Waals surface area contributed by atoms with Crippen LogP contribution in [0.25, 0.3) is 0 Å². The van der Waals surface area contributed by atoms with E-state index in [4.69, 9.17) is 0 Å². The van der Waals surface area contributed by atoms with Gasteiger partial charge in [-0.3, -0.25) is 9.69 Å². The molecule has 1 saturated carbocycles. The van der Waals surface area contributed by atoms with Gasteiger partial charge >= 0.3 is 0 Å². The molecule has 2 heterocycles. The number of amides is 1. The first-order valence-electron chi connectivity index (χ1n) is 6.97. The molecule has 0 aromatic rings. The number of rotatable bonds is 3. The van der Waals surface area contributed by atoms with Crippen molar-refractivity contribution in [2.45, 2.75) is 56.7 Å². The van der Waals surface area contributed by atoms with Crippen LogP contribution in [0, 0.1) is 0 Å². The van der Waals surface area contributed by atoms with E-state index in [0.29, 0.717) is 6.04 Å². The zero-order valence-corrected chi connectivity index (χ0v) is 10.7. The number of hydrogen-bond donors (Lipinski definition) is 2. The van der Waals surface area contributed by atoms with Gasteiger partial charge in [0.15, 0.2) is 0 Å². The van der Waals surface area contributed by atoms with Crippen LogP contribution >= 0.6 is 0 Å². The van der Waals surface area contributed by atoms with E-state index in [1.807, 2.05) is 6.92 Å². The summed E-state index contributed by atoms with van der Waals surface area (Å²) in [6, 6.07) is 1.21. The summed E-state index contributed by atoms with van der Waals surface area (Å²) in [6.07, 6.45) is 5.93. The molecule has 0 spiro atoms. The largest absolute Gasteiger partial charge is 0.350 e. The van der Waals surface area contributed by atoms with Crippen molar-refractivity contribution in [3.63, 3.8) is 0 Å². The number of nitrogens with one attached hydrogen (secondary N) is 2. The SMILES string of the molecule is CC1(C(=O)NC2CCN(C3CC3)C2)CCCN1. The Morgan fingerprint density at radius 1 is 1.41 bits per heavy atom. The molecule has 3 fully saturated rings. The quantitative estimate of drug-likeness (QED) is 0.750. The van der Waals surface area contributed by atoms with E-state index in [1.54, 1.807) is 0 Å². The maximum atomic E-state index is 12.2. The maximum absolute atomic E-state index is 12.2. The summed E-state index contributed by atoms with van der Waals surface area (Å²) in [6.45, 7) is 5.23. The van der Waals surface area contributed by atoms with Gasteiger partial charge in [-0.2, -0.15) is 0 Å². The molecule has 0 bridgehead atoms. The average molecular weight is 237 g/mol. The van der Waals surface area contributed by atoms with Crippen LogP contribution in [0.15, 0.2) is 0 Å². The van der Waals surface area contributed by atoms with Crippen LogP contribution in [0.2, 0.25) is 0 Å². The molecule has 2 atom stereocenters. The molecule has 3 rings (SSSR count). The highest BCUT2D eigenvalue weighted by Crippen LogP contribution is 2.30. The smallest absolute Gasteiger partial charge is 0.240 e. The van der Waals surface area contributed by atoms with Gasteiger partial charge in [0.2, 0.25) is 5.91 Å². The molecule has 3 aliphatic rings. The normalized spacial score (nSPS) is 38.5. The highest BCUT2D eigenvalue weighted by Gasteiger charge is 2.39. The Morgan fingerprint density at radius 2 is 2.24 bits per heavy atom. The van der Waals surface area contributed by atoms with Crippen LogP contribution in [0.4, 0.5) is 0 Å². The molecular formula is C13H23N3O. The van der Waals surface area contributed by atoms with E-state index in [0.717, 1.165) is 38.4 Å². The molecular weight excluding hydrogens is 214 g/mol. The lowest BCUT2D eigenvalue weighted by molar-refractivity contribution is -0.127. The van der Waals surface area contributed by atoms with E-state index in [1.165, 1.54) is 19.4 Å². The highest BCUT2D eigenvalue weighted by atomic mass is 16.2. The fraction of sp³-hybridized carbons (Fsp3) is 0.923.